The number of aromatic nitrogens is 1. The molecule has 0 saturated heterocycles. The van der Waals surface area contributed by atoms with Crippen LogP contribution in [0.5, 0.6) is 0 Å². The minimum Gasteiger partial charge on any atom is -0.480 e. The number of rotatable bonds is 6. The van der Waals surface area contributed by atoms with Gasteiger partial charge in [-0.1, -0.05) is 13.8 Å². The van der Waals surface area contributed by atoms with Gasteiger partial charge in [0.05, 0.1) is 0 Å². The van der Waals surface area contributed by atoms with Crippen molar-refractivity contribution in [1.82, 2.24) is 10.3 Å². The number of amides is 1. The highest BCUT2D eigenvalue weighted by molar-refractivity contribution is 5.97. The molecule has 0 unspecified atom stereocenters. The fourth-order valence-corrected chi connectivity index (χ4v) is 1.74. The fraction of sp³-hybridized carbons (Fsp3) is 0.500. The Morgan fingerprint density at radius 3 is 2.55 bits per heavy atom. The monoisotopic (exact) mass is 279 g/mol. The summed E-state index contributed by atoms with van der Waals surface area (Å²) < 4.78 is 0. The van der Waals surface area contributed by atoms with Gasteiger partial charge in [0.1, 0.15) is 11.9 Å². The molecule has 1 atom stereocenters. The van der Waals surface area contributed by atoms with Crippen molar-refractivity contribution >= 4 is 17.7 Å². The molecular formula is C14H21N3O3. The van der Waals surface area contributed by atoms with Crippen LogP contribution in [0.1, 0.15) is 30.6 Å². The van der Waals surface area contributed by atoms with E-state index < -0.39 is 17.9 Å². The van der Waals surface area contributed by atoms with Crippen molar-refractivity contribution in [3.63, 3.8) is 0 Å². The lowest BCUT2D eigenvalue weighted by molar-refractivity contribution is -0.139. The van der Waals surface area contributed by atoms with Crippen molar-refractivity contribution in [2.75, 3.05) is 19.0 Å². The molecule has 1 aromatic rings. The van der Waals surface area contributed by atoms with Gasteiger partial charge in [-0.05, 0) is 24.5 Å². The smallest absolute Gasteiger partial charge is 0.326 e. The maximum absolute atomic E-state index is 12.1. The van der Waals surface area contributed by atoms with Crippen molar-refractivity contribution in [2.24, 2.45) is 5.92 Å². The van der Waals surface area contributed by atoms with Crippen LogP contribution in [-0.4, -0.2) is 42.1 Å². The Balaban J connectivity index is 2.83. The predicted molar refractivity (Wildman–Crippen MR) is 76.9 cm³/mol. The number of carboxylic acids is 1. The van der Waals surface area contributed by atoms with Gasteiger partial charge in [-0.3, -0.25) is 4.79 Å². The standard InChI is InChI=1S/C14H21N3O3/c1-9(2)7-11(14(19)20)16-13(18)10-5-6-15-12(8-10)17(3)4/h5-6,8-9,11H,7H2,1-4H3,(H,16,18)(H,19,20)/t11-/m1/s1. The van der Waals surface area contributed by atoms with Crippen LogP contribution in [-0.2, 0) is 4.79 Å². The van der Waals surface area contributed by atoms with E-state index in [4.69, 9.17) is 5.11 Å². The fourth-order valence-electron chi connectivity index (χ4n) is 1.74. The second-order valence-corrected chi connectivity index (χ2v) is 5.29. The van der Waals surface area contributed by atoms with E-state index in [1.54, 1.807) is 17.0 Å². The van der Waals surface area contributed by atoms with Gasteiger partial charge in [0.15, 0.2) is 0 Å². The molecule has 0 bridgehead atoms. The van der Waals surface area contributed by atoms with Crippen LogP contribution in [0.3, 0.4) is 0 Å². The summed E-state index contributed by atoms with van der Waals surface area (Å²) in [5.74, 6) is -0.586. The third-order valence-electron chi connectivity index (χ3n) is 2.78. The zero-order valence-corrected chi connectivity index (χ0v) is 12.3. The van der Waals surface area contributed by atoms with E-state index >= 15 is 0 Å². The number of aliphatic carboxylic acids is 1. The van der Waals surface area contributed by atoms with Gasteiger partial charge in [0.2, 0.25) is 0 Å². The SMILES string of the molecule is CC(C)C[C@@H](NC(=O)c1ccnc(N(C)C)c1)C(=O)O. The molecule has 20 heavy (non-hydrogen) atoms. The van der Waals surface area contributed by atoms with Gasteiger partial charge < -0.3 is 15.3 Å². The number of nitrogens with zero attached hydrogens (tertiary/aromatic N) is 2. The molecule has 0 aromatic carbocycles. The Labute approximate surface area is 118 Å². The molecule has 6 nitrogen and oxygen atoms in total. The maximum atomic E-state index is 12.1. The minimum absolute atomic E-state index is 0.186. The highest BCUT2D eigenvalue weighted by Gasteiger charge is 2.21. The van der Waals surface area contributed by atoms with Crippen LogP contribution in [0, 0.1) is 5.92 Å². The number of carboxylic acid groups (broad SMARTS) is 1. The summed E-state index contributed by atoms with van der Waals surface area (Å²) in [5.41, 5.74) is 0.402. The average molecular weight is 279 g/mol. The molecule has 6 heteroatoms. The molecule has 0 spiro atoms. The molecule has 0 aliphatic rings. The molecule has 0 radical (unpaired) electrons. The van der Waals surface area contributed by atoms with Crippen LogP contribution >= 0.6 is 0 Å². The molecular weight excluding hydrogens is 258 g/mol. The summed E-state index contributed by atoms with van der Waals surface area (Å²) in [6, 6.07) is 2.32. The molecule has 2 N–H and O–H groups in total. The zero-order valence-electron chi connectivity index (χ0n) is 12.3. The summed E-state index contributed by atoms with van der Waals surface area (Å²) in [5, 5.41) is 11.7. The number of carbonyl (C=O) groups is 2. The Morgan fingerprint density at radius 1 is 1.40 bits per heavy atom. The van der Waals surface area contributed by atoms with E-state index in [2.05, 4.69) is 10.3 Å². The van der Waals surface area contributed by atoms with Crippen LogP contribution in [0.15, 0.2) is 18.3 Å². The lowest BCUT2D eigenvalue weighted by Crippen LogP contribution is -2.41. The molecule has 0 aliphatic carbocycles. The number of anilines is 1. The lowest BCUT2D eigenvalue weighted by atomic mass is 10.0. The summed E-state index contributed by atoms with van der Waals surface area (Å²) in [4.78, 5) is 29.1. The van der Waals surface area contributed by atoms with Crippen LogP contribution in [0.2, 0.25) is 0 Å². The zero-order chi connectivity index (χ0) is 15.3. The number of hydrogen-bond donors (Lipinski definition) is 2. The quantitative estimate of drug-likeness (QED) is 0.822. The number of nitrogens with one attached hydrogen (secondary N) is 1. The Hall–Kier alpha value is -2.11. The highest BCUT2D eigenvalue weighted by atomic mass is 16.4. The van der Waals surface area contributed by atoms with Gasteiger partial charge in [-0.2, -0.15) is 0 Å². The molecule has 0 fully saturated rings. The molecule has 1 amide bonds. The molecule has 0 saturated carbocycles. The largest absolute Gasteiger partial charge is 0.480 e. The summed E-state index contributed by atoms with van der Waals surface area (Å²) >= 11 is 0. The van der Waals surface area contributed by atoms with Gasteiger partial charge in [0.25, 0.3) is 5.91 Å². The lowest BCUT2D eigenvalue weighted by Gasteiger charge is -2.17. The second kappa shape index (κ2) is 6.88. The first-order valence-electron chi connectivity index (χ1n) is 6.48. The molecule has 1 aromatic heterocycles. The third kappa shape index (κ3) is 4.53. The van der Waals surface area contributed by atoms with E-state index in [0.717, 1.165) is 0 Å². The van der Waals surface area contributed by atoms with Crippen LogP contribution < -0.4 is 10.2 Å². The highest BCUT2D eigenvalue weighted by Crippen LogP contribution is 2.11. The Morgan fingerprint density at radius 2 is 2.05 bits per heavy atom. The van der Waals surface area contributed by atoms with Crippen molar-refractivity contribution in [3.05, 3.63) is 23.9 Å². The summed E-state index contributed by atoms with van der Waals surface area (Å²) in [6.07, 6.45) is 1.93. The number of pyridine rings is 1. The molecule has 110 valence electrons. The topological polar surface area (TPSA) is 82.5 Å². The van der Waals surface area contributed by atoms with Gasteiger partial charge in [-0.25, -0.2) is 9.78 Å². The molecule has 1 rings (SSSR count). The van der Waals surface area contributed by atoms with Crippen molar-refractivity contribution in [3.8, 4) is 0 Å². The first-order valence-corrected chi connectivity index (χ1v) is 6.48. The number of hydrogen-bond acceptors (Lipinski definition) is 4. The van der Waals surface area contributed by atoms with Crippen LogP contribution in [0.4, 0.5) is 5.82 Å². The normalized spacial score (nSPS) is 12.1. The van der Waals surface area contributed by atoms with Crippen molar-refractivity contribution in [1.29, 1.82) is 0 Å². The predicted octanol–water partition coefficient (Wildman–Crippen LogP) is 1.38. The van der Waals surface area contributed by atoms with Gasteiger partial charge in [0, 0.05) is 25.9 Å². The molecule has 0 aliphatic heterocycles. The summed E-state index contributed by atoms with van der Waals surface area (Å²) in [7, 11) is 3.64. The van der Waals surface area contributed by atoms with E-state index in [9.17, 15) is 9.59 Å². The average Bonchev–Trinajstić information content (AvgIpc) is 2.37. The minimum atomic E-state index is -1.02. The Bertz CT molecular complexity index is 486. The molecule has 1 heterocycles. The maximum Gasteiger partial charge on any atom is 0.326 e. The first-order chi connectivity index (χ1) is 9.31. The van der Waals surface area contributed by atoms with Crippen LogP contribution in [0.25, 0.3) is 0 Å². The Kier molecular flexibility index (Phi) is 5.49. The van der Waals surface area contributed by atoms with E-state index in [-0.39, 0.29) is 5.92 Å². The van der Waals surface area contributed by atoms with E-state index in [0.29, 0.717) is 17.8 Å². The van der Waals surface area contributed by atoms with E-state index in [1.807, 2.05) is 27.9 Å². The first kappa shape index (κ1) is 15.9. The second-order valence-electron chi connectivity index (χ2n) is 5.29. The van der Waals surface area contributed by atoms with Gasteiger partial charge in [-0.15, -0.1) is 0 Å². The third-order valence-corrected chi connectivity index (χ3v) is 2.78. The van der Waals surface area contributed by atoms with Crippen molar-refractivity contribution in [2.45, 2.75) is 26.3 Å². The summed E-state index contributed by atoms with van der Waals surface area (Å²) in [6.45, 7) is 3.83. The number of carbonyl (C=O) groups excluding carboxylic acids is 1. The van der Waals surface area contributed by atoms with Crippen molar-refractivity contribution < 1.29 is 14.7 Å². The van der Waals surface area contributed by atoms with Gasteiger partial charge >= 0.3 is 5.97 Å². The van der Waals surface area contributed by atoms with E-state index in [1.165, 1.54) is 6.20 Å².